The molecule has 1 saturated heterocycles. The van der Waals surface area contributed by atoms with Crippen LogP contribution in [0.3, 0.4) is 0 Å². The van der Waals surface area contributed by atoms with Gasteiger partial charge in [0.2, 0.25) is 0 Å². The van der Waals surface area contributed by atoms with Gasteiger partial charge in [-0.1, -0.05) is 0 Å². The van der Waals surface area contributed by atoms with Gasteiger partial charge < -0.3 is 15.4 Å². The molecule has 6 heteroatoms. The summed E-state index contributed by atoms with van der Waals surface area (Å²) in [5, 5.41) is 0. The molecule has 0 radical (unpaired) electrons. The Morgan fingerprint density at radius 1 is 1.56 bits per heavy atom. The van der Waals surface area contributed by atoms with E-state index in [0.717, 1.165) is 0 Å². The van der Waals surface area contributed by atoms with Crippen LogP contribution in [0.1, 0.15) is 27.8 Å². The summed E-state index contributed by atoms with van der Waals surface area (Å²) in [4.78, 5) is 29.2. The van der Waals surface area contributed by atoms with Crippen LogP contribution >= 0.6 is 0 Å². The van der Waals surface area contributed by atoms with Gasteiger partial charge in [0, 0.05) is 12.7 Å². The van der Waals surface area contributed by atoms with Crippen molar-refractivity contribution >= 4 is 11.8 Å². The van der Waals surface area contributed by atoms with Gasteiger partial charge in [0.15, 0.2) is 0 Å². The average molecular weight is 249 g/mol. The number of amides is 2. The molecule has 2 rings (SSSR count). The van der Waals surface area contributed by atoms with Crippen LogP contribution in [0.5, 0.6) is 0 Å². The molecule has 0 saturated carbocycles. The molecule has 96 valence electrons. The predicted octanol–water partition coefficient (Wildman–Crippen LogP) is 0.0414. The zero-order valence-electron chi connectivity index (χ0n) is 10.1. The number of nitrogens with zero attached hydrogens (tertiary/aromatic N) is 2. The number of rotatable bonds is 2. The molecule has 2 heterocycles. The molecule has 0 bridgehead atoms. The van der Waals surface area contributed by atoms with Gasteiger partial charge in [0.1, 0.15) is 5.69 Å². The molecule has 1 aliphatic rings. The number of hydrogen-bond acceptors (Lipinski definition) is 4. The first-order valence-corrected chi connectivity index (χ1v) is 5.75. The van der Waals surface area contributed by atoms with Crippen LogP contribution in [0.15, 0.2) is 18.3 Å². The number of aromatic nitrogens is 1. The first-order valence-electron chi connectivity index (χ1n) is 5.75. The maximum Gasteiger partial charge on any atom is 0.273 e. The Balaban J connectivity index is 2.30. The minimum absolute atomic E-state index is 0.0333. The monoisotopic (exact) mass is 249 g/mol. The number of hydrogen-bond donors (Lipinski definition) is 1. The fourth-order valence-electron chi connectivity index (χ4n) is 1.94. The van der Waals surface area contributed by atoms with Gasteiger partial charge >= 0.3 is 0 Å². The molecule has 0 aliphatic carbocycles. The molecule has 1 atom stereocenters. The van der Waals surface area contributed by atoms with Gasteiger partial charge in [-0.3, -0.25) is 14.6 Å². The molecular weight excluding hydrogens is 234 g/mol. The van der Waals surface area contributed by atoms with Gasteiger partial charge in [-0.05, 0) is 19.1 Å². The summed E-state index contributed by atoms with van der Waals surface area (Å²) >= 11 is 0. The van der Waals surface area contributed by atoms with Crippen molar-refractivity contribution in [3.8, 4) is 0 Å². The lowest BCUT2D eigenvalue weighted by molar-refractivity contribution is 0.00320. The fourth-order valence-corrected chi connectivity index (χ4v) is 1.94. The lowest BCUT2D eigenvalue weighted by Crippen LogP contribution is -2.47. The second kappa shape index (κ2) is 5.14. The van der Waals surface area contributed by atoms with Crippen molar-refractivity contribution in [1.29, 1.82) is 0 Å². The number of ether oxygens (including phenoxy) is 1. The van der Waals surface area contributed by atoms with Crippen LogP contribution in [-0.2, 0) is 4.74 Å². The average Bonchev–Trinajstić information content (AvgIpc) is 2.38. The van der Waals surface area contributed by atoms with Crippen LogP contribution < -0.4 is 5.73 Å². The Kier molecular flexibility index (Phi) is 3.57. The van der Waals surface area contributed by atoms with Gasteiger partial charge in [0.25, 0.3) is 11.8 Å². The second-order valence-electron chi connectivity index (χ2n) is 4.19. The van der Waals surface area contributed by atoms with E-state index in [1.165, 1.54) is 12.3 Å². The largest absolute Gasteiger partial charge is 0.377 e. The zero-order valence-corrected chi connectivity index (χ0v) is 10.1. The zero-order chi connectivity index (χ0) is 13.1. The first kappa shape index (κ1) is 12.5. The number of morpholine rings is 1. The highest BCUT2D eigenvalue weighted by atomic mass is 16.5. The van der Waals surface area contributed by atoms with Crippen LogP contribution in [-0.4, -0.2) is 47.5 Å². The topological polar surface area (TPSA) is 85.5 Å². The molecule has 1 unspecified atom stereocenters. The summed E-state index contributed by atoms with van der Waals surface area (Å²) in [6.07, 6.45) is 1.48. The quantitative estimate of drug-likeness (QED) is 0.802. The Morgan fingerprint density at radius 2 is 2.33 bits per heavy atom. The molecular formula is C12H15N3O3. The van der Waals surface area contributed by atoms with Crippen molar-refractivity contribution in [2.45, 2.75) is 13.0 Å². The summed E-state index contributed by atoms with van der Waals surface area (Å²) < 4.78 is 5.27. The highest BCUT2D eigenvalue weighted by molar-refractivity contribution is 6.05. The van der Waals surface area contributed by atoms with E-state index in [0.29, 0.717) is 19.8 Å². The Bertz CT molecular complexity index is 475. The van der Waals surface area contributed by atoms with Crippen LogP contribution in [0, 0.1) is 0 Å². The third-order valence-electron chi connectivity index (χ3n) is 2.90. The van der Waals surface area contributed by atoms with Crippen LogP contribution in [0.25, 0.3) is 0 Å². The van der Waals surface area contributed by atoms with E-state index in [-0.39, 0.29) is 23.2 Å². The minimum Gasteiger partial charge on any atom is -0.377 e. The molecule has 1 aromatic rings. The van der Waals surface area contributed by atoms with Gasteiger partial charge in [-0.15, -0.1) is 0 Å². The first-order chi connectivity index (χ1) is 8.61. The SMILES string of the molecule is CC1COCCN1C(=O)c1ncccc1C(N)=O. The van der Waals surface area contributed by atoms with Crippen LogP contribution in [0.4, 0.5) is 0 Å². The fraction of sp³-hybridized carbons (Fsp3) is 0.417. The second-order valence-corrected chi connectivity index (χ2v) is 4.19. The van der Waals surface area contributed by atoms with Crippen molar-refractivity contribution in [1.82, 2.24) is 9.88 Å². The smallest absolute Gasteiger partial charge is 0.273 e. The van der Waals surface area contributed by atoms with E-state index >= 15 is 0 Å². The number of pyridine rings is 1. The van der Waals surface area contributed by atoms with Crippen molar-refractivity contribution in [2.24, 2.45) is 5.73 Å². The summed E-state index contributed by atoms with van der Waals surface area (Å²) in [5.74, 6) is -0.924. The standard InChI is InChI=1S/C12H15N3O3/c1-8-7-18-6-5-15(8)12(17)10-9(11(13)16)3-2-4-14-10/h2-4,8H,5-7H2,1H3,(H2,13,16). The lowest BCUT2D eigenvalue weighted by Gasteiger charge is -2.33. The van der Waals surface area contributed by atoms with E-state index < -0.39 is 5.91 Å². The van der Waals surface area contributed by atoms with E-state index in [4.69, 9.17) is 10.5 Å². The normalized spacial score (nSPS) is 19.6. The molecule has 0 aromatic carbocycles. The molecule has 1 fully saturated rings. The lowest BCUT2D eigenvalue weighted by atomic mass is 10.1. The van der Waals surface area contributed by atoms with Gasteiger partial charge in [-0.2, -0.15) is 0 Å². The Hall–Kier alpha value is -1.95. The van der Waals surface area contributed by atoms with E-state index in [1.54, 1.807) is 11.0 Å². The van der Waals surface area contributed by atoms with Crippen molar-refractivity contribution in [3.05, 3.63) is 29.6 Å². The molecule has 6 nitrogen and oxygen atoms in total. The minimum atomic E-state index is -0.646. The molecule has 18 heavy (non-hydrogen) atoms. The Labute approximate surface area is 105 Å². The molecule has 2 amide bonds. The molecule has 0 spiro atoms. The number of carbonyl (C=O) groups excluding carboxylic acids is 2. The van der Waals surface area contributed by atoms with Gasteiger partial charge in [-0.25, -0.2) is 0 Å². The van der Waals surface area contributed by atoms with E-state index in [2.05, 4.69) is 4.98 Å². The summed E-state index contributed by atoms with van der Waals surface area (Å²) in [6.45, 7) is 3.37. The summed E-state index contributed by atoms with van der Waals surface area (Å²) in [5.41, 5.74) is 5.51. The van der Waals surface area contributed by atoms with Crippen molar-refractivity contribution < 1.29 is 14.3 Å². The number of carbonyl (C=O) groups is 2. The van der Waals surface area contributed by atoms with Crippen molar-refractivity contribution in [3.63, 3.8) is 0 Å². The summed E-state index contributed by atoms with van der Waals surface area (Å²) in [7, 11) is 0. The highest BCUT2D eigenvalue weighted by Crippen LogP contribution is 2.13. The molecule has 1 aliphatic heterocycles. The summed E-state index contributed by atoms with van der Waals surface area (Å²) in [6, 6.07) is 3.06. The predicted molar refractivity (Wildman–Crippen MR) is 64.1 cm³/mol. The highest BCUT2D eigenvalue weighted by Gasteiger charge is 2.28. The number of primary amides is 1. The van der Waals surface area contributed by atoms with Crippen molar-refractivity contribution in [2.75, 3.05) is 19.8 Å². The molecule has 2 N–H and O–H groups in total. The van der Waals surface area contributed by atoms with E-state index in [1.807, 2.05) is 6.92 Å². The molecule has 1 aromatic heterocycles. The van der Waals surface area contributed by atoms with Gasteiger partial charge in [0.05, 0.1) is 24.8 Å². The third-order valence-corrected chi connectivity index (χ3v) is 2.90. The Morgan fingerprint density at radius 3 is 3.00 bits per heavy atom. The third kappa shape index (κ3) is 2.33. The van der Waals surface area contributed by atoms with Crippen LogP contribution in [0.2, 0.25) is 0 Å². The van der Waals surface area contributed by atoms with E-state index in [9.17, 15) is 9.59 Å². The maximum absolute atomic E-state index is 12.3. The number of nitrogens with two attached hydrogens (primary N) is 1. The maximum atomic E-state index is 12.3.